The standard InChI is InChI=1S/C20H22N6O2/c1-14-18(20(24(2)22-14)25-11-6-12-25)21-19(28)16-9-10-17(27)26(23-16)13-15-7-4-3-5-8-15/h3-5,7-10H,6,11-13H2,1-2H3,(H,21,28). The lowest BCUT2D eigenvalue weighted by Crippen LogP contribution is -2.39. The van der Waals surface area contributed by atoms with Crippen LogP contribution in [0.1, 0.15) is 28.2 Å². The molecule has 1 aromatic carbocycles. The van der Waals surface area contributed by atoms with Crippen LogP contribution in [0, 0.1) is 6.92 Å². The number of amides is 1. The molecule has 0 radical (unpaired) electrons. The second kappa shape index (κ2) is 7.30. The van der Waals surface area contributed by atoms with E-state index >= 15 is 0 Å². The van der Waals surface area contributed by atoms with Crippen LogP contribution in [0.25, 0.3) is 0 Å². The Morgan fingerprint density at radius 2 is 1.86 bits per heavy atom. The molecule has 8 nitrogen and oxygen atoms in total. The van der Waals surface area contributed by atoms with Crippen molar-refractivity contribution < 1.29 is 4.79 Å². The average molecular weight is 378 g/mol. The Bertz CT molecular complexity index is 1070. The van der Waals surface area contributed by atoms with Gasteiger partial charge in [0.1, 0.15) is 11.4 Å². The SMILES string of the molecule is Cc1nn(C)c(N2CCC2)c1NC(=O)c1ccc(=O)n(Cc2ccccc2)n1. The van der Waals surface area contributed by atoms with Gasteiger partial charge in [-0.2, -0.15) is 10.2 Å². The second-order valence-electron chi connectivity index (χ2n) is 6.90. The maximum Gasteiger partial charge on any atom is 0.276 e. The monoisotopic (exact) mass is 378 g/mol. The Hall–Kier alpha value is -3.42. The first-order valence-electron chi connectivity index (χ1n) is 9.25. The van der Waals surface area contributed by atoms with Gasteiger partial charge in [-0.25, -0.2) is 4.68 Å². The van der Waals surface area contributed by atoms with Crippen LogP contribution in [0.3, 0.4) is 0 Å². The molecule has 28 heavy (non-hydrogen) atoms. The molecular formula is C20H22N6O2. The molecule has 3 aromatic rings. The molecule has 1 amide bonds. The number of benzene rings is 1. The first-order chi connectivity index (χ1) is 13.5. The molecule has 0 spiro atoms. The minimum Gasteiger partial charge on any atom is -0.355 e. The molecule has 1 aliphatic heterocycles. The van der Waals surface area contributed by atoms with Crippen LogP contribution < -0.4 is 15.8 Å². The highest BCUT2D eigenvalue weighted by Gasteiger charge is 2.25. The van der Waals surface area contributed by atoms with Crippen molar-refractivity contribution in [3.8, 4) is 0 Å². The van der Waals surface area contributed by atoms with Gasteiger partial charge in [0, 0.05) is 26.2 Å². The molecule has 8 heteroatoms. The van der Waals surface area contributed by atoms with Gasteiger partial charge in [0.25, 0.3) is 11.5 Å². The van der Waals surface area contributed by atoms with E-state index in [1.165, 1.54) is 16.8 Å². The van der Waals surface area contributed by atoms with Crippen molar-refractivity contribution in [2.75, 3.05) is 23.3 Å². The van der Waals surface area contributed by atoms with E-state index in [2.05, 4.69) is 20.4 Å². The van der Waals surface area contributed by atoms with Gasteiger partial charge >= 0.3 is 0 Å². The van der Waals surface area contributed by atoms with Crippen molar-refractivity contribution in [3.05, 3.63) is 69.8 Å². The summed E-state index contributed by atoms with van der Waals surface area (Å²) in [6, 6.07) is 12.4. The summed E-state index contributed by atoms with van der Waals surface area (Å²) in [6.45, 7) is 4.07. The summed E-state index contributed by atoms with van der Waals surface area (Å²) < 4.78 is 3.09. The third-order valence-electron chi connectivity index (χ3n) is 4.86. The summed E-state index contributed by atoms with van der Waals surface area (Å²) >= 11 is 0. The number of carbonyl (C=O) groups excluding carboxylic acids is 1. The van der Waals surface area contributed by atoms with Crippen molar-refractivity contribution in [3.63, 3.8) is 0 Å². The largest absolute Gasteiger partial charge is 0.355 e. The topological polar surface area (TPSA) is 85.0 Å². The number of rotatable bonds is 5. The fourth-order valence-corrected chi connectivity index (χ4v) is 3.30. The average Bonchev–Trinajstić information content (AvgIpc) is 2.90. The molecule has 1 aliphatic rings. The van der Waals surface area contributed by atoms with Gasteiger partial charge in [0.15, 0.2) is 5.82 Å². The molecule has 3 heterocycles. The summed E-state index contributed by atoms with van der Waals surface area (Å²) in [6.07, 6.45) is 1.13. The fourth-order valence-electron chi connectivity index (χ4n) is 3.30. The van der Waals surface area contributed by atoms with Gasteiger partial charge in [-0.05, 0) is 25.0 Å². The Morgan fingerprint density at radius 1 is 1.11 bits per heavy atom. The van der Waals surface area contributed by atoms with Gasteiger partial charge in [0.2, 0.25) is 0 Å². The number of nitrogens with one attached hydrogen (secondary N) is 1. The van der Waals surface area contributed by atoms with Gasteiger partial charge in [-0.1, -0.05) is 30.3 Å². The second-order valence-corrected chi connectivity index (χ2v) is 6.90. The fraction of sp³-hybridized carbons (Fsp3) is 0.300. The van der Waals surface area contributed by atoms with Crippen LogP contribution >= 0.6 is 0 Å². The third-order valence-corrected chi connectivity index (χ3v) is 4.86. The van der Waals surface area contributed by atoms with Gasteiger partial charge < -0.3 is 10.2 Å². The molecule has 0 unspecified atom stereocenters. The van der Waals surface area contributed by atoms with Crippen LogP contribution in [-0.4, -0.2) is 38.6 Å². The van der Waals surface area contributed by atoms with E-state index in [1.807, 2.05) is 44.3 Å². The molecule has 0 bridgehead atoms. The quantitative estimate of drug-likeness (QED) is 0.732. The highest BCUT2D eigenvalue weighted by molar-refractivity contribution is 6.04. The number of aromatic nitrogens is 4. The normalized spacial score (nSPS) is 13.3. The summed E-state index contributed by atoms with van der Waals surface area (Å²) in [5, 5.41) is 11.6. The summed E-state index contributed by atoms with van der Waals surface area (Å²) in [7, 11) is 1.87. The Morgan fingerprint density at radius 3 is 2.54 bits per heavy atom. The van der Waals surface area contributed by atoms with Gasteiger partial charge in [-0.15, -0.1) is 0 Å². The lowest BCUT2D eigenvalue weighted by molar-refractivity contribution is 0.102. The first kappa shape index (κ1) is 18.0. The Labute approximate surface area is 162 Å². The van der Waals surface area contributed by atoms with E-state index in [-0.39, 0.29) is 17.2 Å². The number of nitrogens with zero attached hydrogens (tertiary/aromatic N) is 5. The van der Waals surface area contributed by atoms with E-state index in [0.29, 0.717) is 12.2 Å². The zero-order chi connectivity index (χ0) is 19.7. The molecular weight excluding hydrogens is 356 g/mol. The molecule has 4 rings (SSSR count). The minimum atomic E-state index is -0.361. The molecule has 1 fully saturated rings. The molecule has 0 saturated carbocycles. The lowest BCUT2D eigenvalue weighted by Gasteiger charge is -2.33. The summed E-state index contributed by atoms with van der Waals surface area (Å²) in [4.78, 5) is 27.2. The molecule has 0 atom stereocenters. The lowest BCUT2D eigenvalue weighted by atomic mass is 10.2. The van der Waals surface area contributed by atoms with E-state index in [4.69, 9.17) is 0 Å². The van der Waals surface area contributed by atoms with Crippen molar-refractivity contribution in [1.82, 2.24) is 19.6 Å². The minimum absolute atomic E-state index is 0.188. The summed E-state index contributed by atoms with van der Waals surface area (Å²) in [5.74, 6) is 0.536. The van der Waals surface area contributed by atoms with Crippen LogP contribution in [0.5, 0.6) is 0 Å². The van der Waals surface area contributed by atoms with Crippen molar-refractivity contribution in [2.24, 2.45) is 7.05 Å². The van der Waals surface area contributed by atoms with Crippen LogP contribution in [0.2, 0.25) is 0 Å². The van der Waals surface area contributed by atoms with Crippen LogP contribution in [0.4, 0.5) is 11.5 Å². The zero-order valence-electron chi connectivity index (χ0n) is 15.9. The Kier molecular flexibility index (Phi) is 4.68. The Balaban J connectivity index is 1.59. The number of aryl methyl sites for hydroxylation is 2. The van der Waals surface area contributed by atoms with Crippen LogP contribution in [-0.2, 0) is 13.6 Å². The zero-order valence-corrected chi connectivity index (χ0v) is 15.9. The number of hydrogen-bond acceptors (Lipinski definition) is 5. The van der Waals surface area contributed by atoms with E-state index in [9.17, 15) is 9.59 Å². The van der Waals surface area contributed by atoms with E-state index < -0.39 is 0 Å². The first-order valence-corrected chi connectivity index (χ1v) is 9.25. The highest BCUT2D eigenvalue weighted by Crippen LogP contribution is 2.32. The van der Waals surface area contributed by atoms with Crippen molar-refractivity contribution in [1.29, 1.82) is 0 Å². The van der Waals surface area contributed by atoms with E-state index in [1.54, 1.807) is 4.68 Å². The smallest absolute Gasteiger partial charge is 0.276 e. The molecule has 2 aromatic heterocycles. The number of hydrogen-bond donors (Lipinski definition) is 1. The highest BCUT2D eigenvalue weighted by atomic mass is 16.2. The molecule has 144 valence electrons. The maximum absolute atomic E-state index is 12.8. The summed E-state index contributed by atoms with van der Waals surface area (Å²) in [5.41, 5.74) is 2.32. The van der Waals surface area contributed by atoms with Gasteiger partial charge in [0.05, 0.1) is 12.2 Å². The molecule has 1 N–H and O–H groups in total. The predicted molar refractivity (Wildman–Crippen MR) is 107 cm³/mol. The number of anilines is 2. The maximum atomic E-state index is 12.8. The molecule has 1 saturated heterocycles. The van der Waals surface area contributed by atoms with Crippen molar-refractivity contribution >= 4 is 17.4 Å². The third kappa shape index (κ3) is 3.40. The molecule has 0 aliphatic carbocycles. The van der Waals surface area contributed by atoms with Gasteiger partial charge in [-0.3, -0.25) is 14.3 Å². The predicted octanol–water partition coefficient (Wildman–Crippen LogP) is 1.80. The van der Waals surface area contributed by atoms with E-state index in [0.717, 1.165) is 36.6 Å². The van der Waals surface area contributed by atoms with Crippen molar-refractivity contribution in [2.45, 2.75) is 19.9 Å². The number of carbonyl (C=O) groups is 1. The van der Waals surface area contributed by atoms with Crippen LogP contribution in [0.15, 0.2) is 47.3 Å².